The number of carbonyl (C=O) groups excluding carboxylic acids is 1. The molecule has 0 bridgehead atoms. The summed E-state index contributed by atoms with van der Waals surface area (Å²) in [7, 11) is 0. The molecule has 0 radical (unpaired) electrons. The fourth-order valence-electron chi connectivity index (χ4n) is 0.869. The zero-order chi connectivity index (χ0) is 13.9. The van der Waals surface area contributed by atoms with Gasteiger partial charge in [-0.15, -0.1) is 0 Å². The normalized spacial score (nSPS) is 12.1. The molecule has 0 aromatic heterocycles. The van der Waals surface area contributed by atoms with Gasteiger partial charge < -0.3 is 5.11 Å². The Bertz CT molecular complexity index is 502. The van der Waals surface area contributed by atoms with Crippen molar-refractivity contribution in [3.05, 3.63) is 23.0 Å². The summed E-state index contributed by atoms with van der Waals surface area (Å²) >= 11 is 5.37. The van der Waals surface area contributed by atoms with Gasteiger partial charge >= 0.3 is 6.18 Å². The van der Waals surface area contributed by atoms with Crippen molar-refractivity contribution in [2.75, 3.05) is 6.54 Å². The third-order valence-electron chi connectivity index (χ3n) is 1.73. The van der Waals surface area contributed by atoms with Gasteiger partial charge in [-0.3, -0.25) is 4.79 Å². The van der Waals surface area contributed by atoms with Crippen LogP contribution in [-0.4, -0.2) is 23.6 Å². The number of phenolic OH excluding ortho intramolecular Hbond substituents is 1. The van der Waals surface area contributed by atoms with Crippen molar-refractivity contribution in [3.63, 3.8) is 0 Å². The highest BCUT2D eigenvalue weighted by atomic mass is 35.5. The van der Waals surface area contributed by atoms with E-state index in [1.165, 1.54) is 0 Å². The van der Waals surface area contributed by atoms with Gasteiger partial charge in [-0.25, -0.2) is 4.39 Å². The molecule has 18 heavy (non-hydrogen) atoms. The first kappa shape index (κ1) is 14.4. The maximum Gasteiger partial charge on any atom is 0.452 e. The number of azo groups is 1. The van der Waals surface area contributed by atoms with Crippen LogP contribution >= 0.6 is 11.6 Å². The smallest absolute Gasteiger partial charge is 0.452 e. The van der Waals surface area contributed by atoms with Crippen molar-refractivity contribution < 1.29 is 27.5 Å². The Morgan fingerprint density at radius 2 is 2.00 bits per heavy atom. The number of rotatable bonds is 3. The monoisotopic (exact) mass is 284 g/mol. The van der Waals surface area contributed by atoms with Crippen LogP contribution in [0, 0.1) is 5.82 Å². The molecule has 0 atom stereocenters. The fourth-order valence-corrected chi connectivity index (χ4v) is 1.02. The maximum atomic E-state index is 13.1. The number of carbonyl (C=O) groups is 1. The molecule has 0 aliphatic carbocycles. The second kappa shape index (κ2) is 5.30. The van der Waals surface area contributed by atoms with E-state index in [0.717, 1.165) is 12.1 Å². The lowest BCUT2D eigenvalue weighted by atomic mass is 10.3. The number of phenols is 1. The molecular formula is C9H5ClF4N2O2. The van der Waals surface area contributed by atoms with Gasteiger partial charge in [-0.05, 0) is 6.07 Å². The molecule has 9 heteroatoms. The van der Waals surface area contributed by atoms with Crippen LogP contribution in [0.15, 0.2) is 22.4 Å². The minimum Gasteiger partial charge on any atom is -0.506 e. The lowest BCUT2D eigenvalue weighted by Crippen LogP contribution is -2.24. The van der Waals surface area contributed by atoms with Crippen molar-refractivity contribution >= 4 is 23.1 Å². The van der Waals surface area contributed by atoms with E-state index in [4.69, 9.17) is 16.7 Å². The first-order valence-corrected chi connectivity index (χ1v) is 4.75. The third-order valence-corrected chi connectivity index (χ3v) is 2.03. The summed E-state index contributed by atoms with van der Waals surface area (Å²) in [5.41, 5.74) is -0.521. The van der Waals surface area contributed by atoms with Crippen molar-refractivity contribution in [1.29, 1.82) is 0 Å². The molecule has 1 aromatic carbocycles. The first-order chi connectivity index (χ1) is 8.21. The van der Waals surface area contributed by atoms with Crippen LogP contribution in [0.4, 0.5) is 23.2 Å². The van der Waals surface area contributed by atoms with Crippen LogP contribution in [0.2, 0.25) is 5.02 Å². The van der Waals surface area contributed by atoms with E-state index in [1.807, 2.05) is 0 Å². The average molecular weight is 285 g/mol. The Balaban J connectivity index is 2.80. The van der Waals surface area contributed by atoms with Gasteiger partial charge in [-0.1, -0.05) is 11.6 Å². The first-order valence-electron chi connectivity index (χ1n) is 4.37. The predicted octanol–water partition coefficient (Wildman–Crippen LogP) is 3.40. The molecule has 0 spiro atoms. The number of ketones is 1. The van der Waals surface area contributed by atoms with Gasteiger partial charge in [0.25, 0.3) is 5.78 Å². The van der Waals surface area contributed by atoms with Crippen molar-refractivity contribution in [1.82, 2.24) is 0 Å². The Morgan fingerprint density at radius 1 is 1.39 bits per heavy atom. The molecule has 0 unspecified atom stereocenters. The van der Waals surface area contributed by atoms with Gasteiger partial charge in [0.05, 0.1) is 5.02 Å². The summed E-state index contributed by atoms with van der Waals surface area (Å²) in [5.74, 6) is -3.60. The summed E-state index contributed by atoms with van der Waals surface area (Å²) < 4.78 is 48.5. The molecule has 0 aliphatic heterocycles. The molecule has 0 saturated heterocycles. The number of aromatic hydroxyl groups is 1. The van der Waals surface area contributed by atoms with Crippen LogP contribution in [-0.2, 0) is 4.79 Å². The average Bonchev–Trinajstić information content (AvgIpc) is 2.23. The minimum atomic E-state index is -5.01. The zero-order valence-corrected chi connectivity index (χ0v) is 9.26. The summed E-state index contributed by atoms with van der Waals surface area (Å²) in [5, 5.41) is 14.8. The highest BCUT2D eigenvalue weighted by molar-refractivity contribution is 6.32. The number of nitrogens with zero attached hydrogens (tertiary/aromatic N) is 2. The van der Waals surface area contributed by atoms with E-state index in [1.54, 1.807) is 0 Å². The minimum absolute atomic E-state index is 0.280. The van der Waals surface area contributed by atoms with E-state index in [0.29, 0.717) is 0 Å². The molecule has 0 amide bonds. The number of hydrogen-bond donors (Lipinski definition) is 1. The highest BCUT2D eigenvalue weighted by Crippen LogP contribution is 2.31. The molecule has 98 valence electrons. The van der Waals surface area contributed by atoms with Crippen LogP contribution in [0.1, 0.15) is 0 Å². The van der Waals surface area contributed by atoms with E-state index in [-0.39, 0.29) is 5.02 Å². The maximum absolute atomic E-state index is 13.1. The second-order valence-electron chi connectivity index (χ2n) is 3.08. The van der Waals surface area contributed by atoms with Crippen molar-refractivity contribution in [3.8, 4) is 5.75 Å². The molecule has 1 aromatic rings. The van der Waals surface area contributed by atoms with Crippen molar-refractivity contribution in [2.45, 2.75) is 6.18 Å². The topological polar surface area (TPSA) is 62.0 Å². The lowest BCUT2D eigenvalue weighted by molar-refractivity contribution is -0.169. The Kier molecular flexibility index (Phi) is 4.23. The fraction of sp³-hybridized carbons (Fsp3) is 0.222. The zero-order valence-electron chi connectivity index (χ0n) is 8.50. The second-order valence-corrected chi connectivity index (χ2v) is 3.48. The number of Topliss-reactive ketones (excluding diaryl/α,β-unsaturated/α-hetero) is 1. The standard InChI is InChI=1S/C9H5ClF4N2O2/c10-4-1-5(11)6(2-7(4)17)16-15-3-8(18)9(12,13)14/h1-2,17H,3H2. The van der Waals surface area contributed by atoms with Crippen LogP contribution in [0.25, 0.3) is 0 Å². The van der Waals surface area contributed by atoms with E-state index >= 15 is 0 Å². The number of benzene rings is 1. The Morgan fingerprint density at radius 3 is 2.56 bits per heavy atom. The molecule has 1 rings (SSSR count). The van der Waals surface area contributed by atoms with Gasteiger partial charge in [0, 0.05) is 6.07 Å². The van der Waals surface area contributed by atoms with Gasteiger partial charge in [-0.2, -0.15) is 23.4 Å². The highest BCUT2D eigenvalue weighted by Gasteiger charge is 2.37. The van der Waals surface area contributed by atoms with Crippen LogP contribution < -0.4 is 0 Å². The van der Waals surface area contributed by atoms with Crippen LogP contribution in [0.5, 0.6) is 5.75 Å². The lowest BCUT2D eigenvalue weighted by Gasteiger charge is -2.01. The molecule has 0 fully saturated rings. The number of hydrogen-bond acceptors (Lipinski definition) is 4. The van der Waals surface area contributed by atoms with E-state index in [2.05, 4.69) is 10.2 Å². The number of alkyl halides is 3. The van der Waals surface area contributed by atoms with Crippen LogP contribution in [0.3, 0.4) is 0 Å². The summed E-state index contributed by atoms with van der Waals surface area (Å²) in [4.78, 5) is 10.4. The molecule has 0 aliphatic rings. The molecule has 1 N–H and O–H groups in total. The van der Waals surface area contributed by atoms with E-state index in [9.17, 15) is 22.4 Å². The quantitative estimate of drug-likeness (QED) is 0.683. The molecule has 4 nitrogen and oxygen atoms in total. The van der Waals surface area contributed by atoms with Gasteiger partial charge in [0.15, 0.2) is 5.82 Å². The van der Waals surface area contributed by atoms with Gasteiger partial charge in [0.2, 0.25) is 0 Å². The SMILES string of the molecule is O=C(CN=Nc1cc(O)c(Cl)cc1F)C(F)(F)F. The van der Waals surface area contributed by atoms with Crippen molar-refractivity contribution in [2.24, 2.45) is 10.2 Å². The predicted molar refractivity (Wildman–Crippen MR) is 53.5 cm³/mol. The summed E-state index contributed by atoms with van der Waals surface area (Å²) in [6.45, 7) is -1.26. The van der Waals surface area contributed by atoms with Gasteiger partial charge in [0.1, 0.15) is 18.0 Å². The Labute approximate surface area is 103 Å². The Hall–Kier alpha value is -1.70. The largest absolute Gasteiger partial charge is 0.506 e. The summed E-state index contributed by atoms with van der Waals surface area (Å²) in [6.07, 6.45) is -5.01. The summed E-state index contributed by atoms with van der Waals surface area (Å²) in [6, 6.07) is 1.50. The van der Waals surface area contributed by atoms with E-state index < -0.39 is 35.8 Å². The molecule has 0 saturated carbocycles. The molecular weight excluding hydrogens is 280 g/mol. The third kappa shape index (κ3) is 3.66. The molecule has 0 heterocycles. The number of halogens is 5.